The van der Waals surface area contributed by atoms with Crippen LogP contribution in [0.25, 0.3) is 0 Å². The first-order valence-corrected chi connectivity index (χ1v) is 9.21. The maximum absolute atomic E-state index is 12.2. The van der Waals surface area contributed by atoms with Gasteiger partial charge in [0, 0.05) is 32.1 Å². The van der Waals surface area contributed by atoms with E-state index in [4.69, 9.17) is 4.74 Å². The highest BCUT2D eigenvalue weighted by atomic mass is 16.5. The maximum atomic E-state index is 12.2. The number of rotatable bonds is 8. The van der Waals surface area contributed by atoms with Gasteiger partial charge < -0.3 is 15.0 Å². The second kappa shape index (κ2) is 9.76. The number of hydrogen-bond acceptors (Lipinski definition) is 3. The first kappa shape index (κ1) is 20.5. The van der Waals surface area contributed by atoms with Gasteiger partial charge in [-0.2, -0.15) is 0 Å². The van der Waals surface area contributed by atoms with Crippen LogP contribution in [0.5, 0.6) is 5.75 Å². The molecule has 0 aliphatic carbocycles. The maximum Gasteiger partial charge on any atom is 0.226 e. The minimum Gasteiger partial charge on any atom is -0.491 e. The highest BCUT2D eigenvalue weighted by molar-refractivity contribution is 5.91. The molecular weight excluding hydrogens is 340 g/mol. The molecule has 27 heavy (non-hydrogen) atoms. The summed E-state index contributed by atoms with van der Waals surface area (Å²) >= 11 is 0. The van der Waals surface area contributed by atoms with Crippen LogP contribution in [0.15, 0.2) is 48.5 Å². The van der Waals surface area contributed by atoms with Crippen LogP contribution in [0, 0.1) is 6.92 Å². The Bertz CT molecular complexity index is 769. The zero-order valence-electron chi connectivity index (χ0n) is 16.5. The van der Waals surface area contributed by atoms with E-state index in [9.17, 15) is 9.59 Å². The molecule has 0 fully saturated rings. The molecule has 0 spiro atoms. The first-order chi connectivity index (χ1) is 12.8. The monoisotopic (exact) mass is 368 g/mol. The number of benzene rings is 2. The van der Waals surface area contributed by atoms with Crippen LogP contribution in [0.2, 0.25) is 0 Å². The van der Waals surface area contributed by atoms with E-state index in [0.717, 1.165) is 16.9 Å². The van der Waals surface area contributed by atoms with Gasteiger partial charge in [-0.25, -0.2) is 0 Å². The SMILES string of the molecule is CC(=O)N(CCC(=O)Nc1ccc(OC(C)C)cc1)Cc1ccccc1C. The van der Waals surface area contributed by atoms with Gasteiger partial charge in [-0.05, 0) is 56.2 Å². The van der Waals surface area contributed by atoms with E-state index < -0.39 is 0 Å². The third-order valence-electron chi connectivity index (χ3n) is 4.19. The van der Waals surface area contributed by atoms with Crippen molar-refractivity contribution in [1.29, 1.82) is 0 Å². The Morgan fingerprint density at radius 3 is 2.33 bits per heavy atom. The molecule has 0 aliphatic rings. The fourth-order valence-corrected chi connectivity index (χ4v) is 2.69. The van der Waals surface area contributed by atoms with Crippen molar-refractivity contribution in [2.75, 3.05) is 11.9 Å². The lowest BCUT2D eigenvalue weighted by molar-refractivity contribution is -0.129. The second-order valence-electron chi connectivity index (χ2n) is 6.86. The number of ether oxygens (including phenoxy) is 1. The summed E-state index contributed by atoms with van der Waals surface area (Å²) in [5.74, 6) is 0.605. The van der Waals surface area contributed by atoms with Crippen LogP contribution in [0.4, 0.5) is 5.69 Å². The fourth-order valence-electron chi connectivity index (χ4n) is 2.69. The van der Waals surface area contributed by atoms with Gasteiger partial charge in [0.05, 0.1) is 6.10 Å². The number of anilines is 1. The van der Waals surface area contributed by atoms with E-state index in [-0.39, 0.29) is 24.3 Å². The molecular formula is C22H28N2O3. The summed E-state index contributed by atoms with van der Waals surface area (Å²) in [6.07, 6.45) is 0.353. The van der Waals surface area contributed by atoms with E-state index in [1.165, 1.54) is 6.92 Å². The topological polar surface area (TPSA) is 58.6 Å². The van der Waals surface area contributed by atoms with Crippen molar-refractivity contribution in [2.24, 2.45) is 0 Å². The van der Waals surface area contributed by atoms with Crippen molar-refractivity contribution in [2.45, 2.75) is 46.8 Å². The summed E-state index contributed by atoms with van der Waals surface area (Å²) in [4.78, 5) is 25.9. The van der Waals surface area contributed by atoms with Crippen molar-refractivity contribution in [1.82, 2.24) is 4.90 Å². The van der Waals surface area contributed by atoms with Gasteiger partial charge in [-0.3, -0.25) is 9.59 Å². The normalized spacial score (nSPS) is 10.6. The molecule has 2 rings (SSSR count). The average Bonchev–Trinajstić information content (AvgIpc) is 2.61. The Morgan fingerprint density at radius 2 is 1.74 bits per heavy atom. The Morgan fingerprint density at radius 1 is 1.07 bits per heavy atom. The van der Waals surface area contributed by atoms with E-state index in [1.54, 1.807) is 4.90 Å². The number of carbonyl (C=O) groups is 2. The standard InChI is InChI=1S/C22H28N2O3/c1-16(2)27-21-11-9-20(10-12-21)23-22(26)13-14-24(18(4)25)15-19-8-6-5-7-17(19)3/h5-12,16H,13-15H2,1-4H3,(H,23,26). The molecule has 0 heterocycles. The summed E-state index contributed by atoms with van der Waals surface area (Å²) in [5, 5.41) is 2.86. The Balaban J connectivity index is 1.88. The van der Waals surface area contributed by atoms with Crippen molar-refractivity contribution >= 4 is 17.5 Å². The molecule has 0 unspecified atom stereocenters. The van der Waals surface area contributed by atoms with Gasteiger partial charge in [-0.1, -0.05) is 24.3 Å². The third-order valence-corrected chi connectivity index (χ3v) is 4.19. The Hall–Kier alpha value is -2.82. The van der Waals surface area contributed by atoms with Crippen LogP contribution < -0.4 is 10.1 Å². The largest absolute Gasteiger partial charge is 0.491 e. The lowest BCUT2D eigenvalue weighted by atomic mass is 10.1. The van der Waals surface area contributed by atoms with E-state index in [1.807, 2.05) is 69.3 Å². The summed E-state index contributed by atoms with van der Waals surface area (Å²) in [6.45, 7) is 8.37. The molecule has 2 aromatic rings. The summed E-state index contributed by atoms with van der Waals surface area (Å²) in [6, 6.07) is 15.2. The number of amides is 2. The van der Waals surface area contributed by atoms with E-state index >= 15 is 0 Å². The molecule has 5 heteroatoms. The summed E-state index contributed by atoms with van der Waals surface area (Å²) in [5.41, 5.74) is 2.94. The Labute approximate surface area is 161 Å². The quantitative estimate of drug-likeness (QED) is 0.761. The van der Waals surface area contributed by atoms with Crippen LogP contribution in [-0.2, 0) is 16.1 Å². The summed E-state index contributed by atoms with van der Waals surface area (Å²) in [7, 11) is 0. The number of carbonyl (C=O) groups excluding carboxylic acids is 2. The molecule has 144 valence electrons. The first-order valence-electron chi connectivity index (χ1n) is 9.21. The highest BCUT2D eigenvalue weighted by Gasteiger charge is 2.13. The van der Waals surface area contributed by atoms with Gasteiger partial charge in [0.15, 0.2) is 0 Å². The van der Waals surface area contributed by atoms with Crippen molar-refractivity contribution in [3.63, 3.8) is 0 Å². The number of nitrogens with zero attached hydrogens (tertiary/aromatic N) is 1. The summed E-state index contributed by atoms with van der Waals surface area (Å²) < 4.78 is 5.59. The molecule has 0 aliphatic heterocycles. The molecule has 0 saturated carbocycles. The number of nitrogens with one attached hydrogen (secondary N) is 1. The van der Waals surface area contributed by atoms with Gasteiger partial charge in [0.1, 0.15) is 5.75 Å². The van der Waals surface area contributed by atoms with Gasteiger partial charge >= 0.3 is 0 Å². The molecule has 0 atom stereocenters. The lowest BCUT2D eigenvalue weighted by Gasteiger charge is -2.22. The van der Waals surface area contributed by atoms with Crippen LogP contribution in [-0.4, -0.2) is 29.4 Å². The zero-order chi connectivity index (χ0) is 19.8. The lowest BCUT2D eigenvalue weighted by Crippen LogP contribution is -2.31. The minimum atomic E-state index is -0.122. The average molecular weight is 368 g/mol. The molecule has 2 aromatic carbocycles. The van der Waals surface area contributed by atoms with Crippen molar-refractivity contribution in [3.05, 3.63) is 59.7 Å². The van der Waals surface area contributed by atoms with Gasteiger partial charge in [0.25, 0.3) is 0 Å². The smallest absolute Gasteiger partial charge is 0.226 e. The predicted molar refractivity (Wildman–Crippen MR) is 108 cm³/mol. The molecule has 1 N–H and O–H groups in total. The number of aryl methyl sites for hydroxylation is 1. The van der Waals surface area contributed by atoms with Crippen molar-refractivity contribution in [3.8, 4) is 5.75 Å². The van der Waals surface area contributed by atoms with E-state index in [0.29, 0.717) is 18.8 Å². The molecule has 0 saturated heterocycles. The Kier molecular flexibility index (Phi) is 7.41. The zero-order valence-corrected chi connectivity index (χ0v) is 16.5. The fraction of sp³-hybridized carbons (Fsp3) is 0.364. The van der Waals surface area contributed by atoms with Crippen LogP contribution in [0.3, 0.4) is 0 Å². The van der Waals surface area contributed by atoms with E-state index in [2.05, 4.69) is 5.32 Å². The van der Waals surface area contributed by atoms with Crippen LogP contribution in [0.1, 0.15) is 38.3 Å². The molecule has 2 amide bonds. The second-order valence-corrected chi connectivity index (χ2v) is 6.86. The van der Waals surface area contributed by atoms with Gasteiger partial charge in [0.2, 0.25) is 11.8 Å². The van der Waals surface area contributed by atoms with Crippen LogP contribution >= 0.6 is 0 Å². The third kappa shape index (κ3) is 6.77. The number of hydrogen-bond donors (Lipinski definition) is 1. The van der Waals surface area contributed by atoms with Gasteiger partial charge in [-0.15, -0.1) is 0 Å². The highest BCUT2D eigenvalue weighted by Crippen LogP contribution is 2.17. The molecule has 5 nitrogen and oxygen atoms in total. The predicted octanol–water partition coefficient (Wildman–Crippen LogP) is 4.16. The molecule has 0 bridgehead atoms. The molecule has 0 aromatic heterocycles. The minimum absolute atomic E-state index is 0.0405. The molecule has 0 radical (unpaired) electrons. The van der Waals surface area contributed by atoms with Crippen molar-refractivity contribution < 1.29 is 14.3 Å².